The Kier molecular flexibility index (Phi) is 4.15. The van der Waals surface area contributed by atoms with Crippen LogP contribution >= 0.6 is 11.6 Å². The lowest BCUT2D eigenvalue weighted by atomic mass is 10.2. The number of hydrazone groups is 1. The zero-order valence-electron chi connectivity index (χ0n) is 9.88. The summed E-state index contributed by atoms with van der Waals surface area (Å²) in [7, 11) is 0. The van der Waals surface area contributed by atoms with Gasteiger partial charge >= 0.3 is 0 Å². The summed E-state index contributed by atoms with van der Waals surface area (Å²) >= 11 is 5.94. The molecule has 4 nitrogen and oxygen atoms in total. The van der Waals surface area contributed by atoms with Crippen molar-refractivity contribution >= 4 is 23.7 Å². The number of nitrogens with zero attached hydrogens (tertiary/aromatic N) is 1. The van der Waals surface area contributed by atoms with Crippen LogP contribution in [0.2, 0.25) is 5.02 Å². The van der Waals surface area contributed by atoms with Gasteiger partial charge < -0.3 is 5.11 Å². The number of hydrogen-bond acceptors (Lipinski definition) is 3. The van der Waals surface area contributed by atoms with Gasteiger partial charge in [-0.15, -0.1) is 0 Å². The molecule has 2 N–H and O–H groups in total. The van der Waals surface area contributed by atoms with Crippen molar-refractivity contribution in [1.82, 2.24) is 5.43 Å². The Morgan fingerprint density at radius 3 is 2.74 bits per heavy atom. The minimum Gasteiger partial charge on any atom is -0.508 e. The van der Waals surface area contributed by atoms with Gasteiger partial charge in [0.2, 0.25) is 0 Å². The van der Waals surface area contributed by atoms with Crippen LogP contribution in [0.3, 0.4) is 0 Å². The van der Waals surface area contributed by atoms with Gasteiger partial charge in [-0.1, -0.05) is 35.9 Å². The van der Waals surface area contributed by atoms with Crippen LogP contribution in [0.25, 0.3) is 0 Å². The fourth-order valence-corrected chi connectivity index (χ4v) is 1.64. The molecule has 1 amide bonds. The highest BCUT2D eigenvalue weighted by molar-refractivity contribution is 6.33. The van der Waals surface area contributed by atoms with Gasteiger partial charge in [0.25, 0.3) is 5.91 Å². The molecule has 0 fully saturated rings. The summed E-state index contributed by atoms with van der Waals surface area (Å²) in [6, 6.07) is 13.2. The van der Waals surface area contributed by atoms with Gasteiger partial charge in [-0.2, -0.15) is 5.10 Å². The predicted octanol–water partition coefficient (Wildman–Crippen LogP) is 2.81. The Bertz CT molecular complexity index is 626. The molecule has 19 heavy (non-hydrogen) atoms. The van der Waals surface area contributed by atoms with Crippen LogP contribution in [0.15, 0.2) is 53.6 Å². The number of phenolic OH excluding ortho intramolecular Hbond substituents is 1. The van der Waals surface area contributed by atoms with Gasteiger partial charge in [-0.3, -0.25) is 4.79 Å². The average Bonchev–Trinajstić information content (AvgIpc) is 2.41. The van der Waals surface area contributed by atoms with E-state index < -0.39 is 5.91 Å². The molecule has 0 aliphatic rings. The maximum absolute atomic E-state index is 11.7. The van der Waals surface area contributed by atoms with Crippen molar-refractivity contribution in [3.8, 4) is 5.75 Å². The molecule has 0 bridgehead atoms. The van der Waals surface area contributed by atoms with Crippen molar-refractivity contribution in [3.05, 3.63) is 64.7 Å². The van der Waals surface area contributed by atoms with Crippen molar-refractivity contribution in [1.29, 1.82) is 0 Å². The highest BCUT2D eigenvalue weighted by Gasteiger charge is 2.04. The molecule has 0 spiro atoms. The topological polar surface area (TPSA) is 61.7 Å². The van der Waals surface area contributed by atoms with E-state index in [2.05, 4.69) is 10.5 Å². The van der Waals surface area contributed by atoms with E-state index >= 15 is 0 Å². The van der Waals surface area contributed by atoms with Crippen LogP contribution in [-0.2, 0) is 0 Å². The molecular formula is C14H11ClN2O2. The van der Waals surface area contributed by atoms with Gasteiger partial charge in [-0.05, 0) is 24.3 Å². The summed E-state index contributed by atoms with van der Waals surface area (Å²) in [5.74, 6) is -0.373. The number of phenols is 1. The van der Waals surface area contributed by atoms with E-state index in [1.165, 1.54) is 18.3 Å². The Morgan fingerprint density at radius 1 is 1.21 bits per heavy atom. The number of nitrogens with one attached hydrogen (secondary N) is 1. The van der Waals surface area contributed by atoms with Crippen LogP contribution in [0.5, 0.6) is 5.75 Å². The highest BCUT2D eigenvalue weighted by atomic mass is 35.5. The highest BCUT2D eigenvalue weighted by Crippen LogP contribution is 2.12. The first kappa shape index (κ1) is 13.1. The Balaban J connectivity index is 2.03. The first-order valence-electron chi connectivity index (χ1n) is 5.54. The van der Waals surface area contributed by atoms with Crippen LogP contribution < -0.4 is 5.43 Å². The van der Waals surface area contributed by atoms with Crippen LogP contribution in [0.1, 0.15) is 15.9 Å². The minimum atomic E-state index is -0.404. The number of aromatic hydroxyl groups is 1. The number of hydrogen-bond donors (Lipinski definition) is 2. The lowest BCUT2D eigenvalue weighted by Crippen LogP contribution is -2.17. The lowest BCUT2D eigenvalue weighted by Gasteiger charge is -2.00. The molecule has 0 heterocycles. The third kappa shape index (κ3) is 3.56. The van der Waals surface area contributed by atoms with Gasteiger partial charge in [0.15, 0.2) is 0 Å². The standard InChI is InChI=1S/C14H11ClN2O2/c15-13-7-2-1-4-11(13)9-16-17-14(19)10-5-3-6-12(18)8-10/h1-9,18H,(H,17,19)/b16-9-. The zero-order valence-corrected chi connectivity index (χ0v) is 10.6. The second-order valence-electron chi connectivity index (χ2n) is 3.77. The summed E-state index contributed by atoms with van der Waals surface area (Å²) in [4.78, 5) is 11.7. The number of carbonyl (C=O) groups is 1. The van der Waals surface area contributed by atoms with Crippen molar-refractivity contribution in [2.45, 2.75) is 0 Å². The molecule has 2 aromatic carbocycles. The fourth-order valence-electron chi connectivity index (χ4n) is 1.45. The molecule has 5 heteroatoms. The van der Waals surface area contributed by atoms with Gasteiger partial charge in [0, 0.05) is 16.1 Å². The molecule has 0 aromatic heterocycles. The molecule has 0 saturated heterocycles. The maximum atomic E-state index is 11.7. The molecule has 2 rings (SSSR count). The minimum absolute atomic E-state index is 0.0303. The fraction of sp³-hybridized carbons (Fsp3) is 0. The van der Waals surface area contributed by atoms with E-state index in [9.17, 15) is 9.90 Å². The molecule has 96 valence electrons. The first-order chi connectivity index (χ1) is 9.16. The summed E-state index contributed by atoms with van der Waals surface area (Å²) in [6.45, 7) is 0. The molecule has 0 unspecified atom stereocenters. The third-order valence-electron chi connectivity index (χ3n) is 2.38. The second kappa shape index (κ2) is 6.02. The van der Waals surface area contributed by atoms with Crippen molar-refractivity contribution < 1.29 is 9.90 Å². The third-order valence-corrected chi connectivity index (χ3v) is 2.73. The van der Waals surface area contributed by atoms with Gasteiger partial charge in [-0.25, -0.2) is 5.43 Å². The number of carbonyl (C=O) groups excluding carboxylic acids is 1. The number of benzene rings is 2. The van der Waals surface area contributed by atoms with Crippen molar-refractivity contribution in [2.24, 2.45) is 5.10 Å². The Hall–Kier alpha value is -2.33. The van der Waals surface area contributed by atoms with Crippen molar-refractivity contribution in [2.75, 3.05) is 0 Å². The van der Waals surface area contributed by atoms with Crippen LogP contribution in [0.4, 0.5) is 0 Å². The summed E-state index contributed by atoms with van der Waals surface area (Å²) in [5, 5.41) is 13.6. The average molecular weight is 275 g/mol. The Morgan fingerprint density at radius 2 is 2.00 bits per heavy atom. The lowest BCUT2D eigenvalue weighted by molar-refractivity contribution is 0.0954. The largest absolute Gasteiger partial charge is 0.508 e. The summed E-state index contributed by atoms with van der Waals surface area (Å²) < 4.78 is 0. The number of rotatable bonds is 3. The molecular weight excluding hydrogens is 264 g/mol. The number of amides is 1. The molecule has 0 atom stereocenters. The van der Waals surface area contributed by atoms with E-state index in [1.807, 2.05) is 12.1 Å². The SMILES string of the molecule is O=C(N/N=C\c1ccccc1Cl)c1cccc(O)c1. The second-order valence-corrected chi connectivity index (χ2v) is 4.18. The molecule has 0 aliphatic heterocycles. The summed E-state index contributed by atoms with van der Waals surface area (Å²) in [6.07, 6.45) is 1.46. The van der Waals surface area contributed by atoms with Crippen molar-refractivity contribution in [3.63, 3.8) is 0 Å². The first-order valence-corrected chi connectivity index (χ1v) is 5.91. The zero-order chi connectivity index (χ0) is 13.7. The normalized spacial score (nSPS) is 10.6. The van der Waals surface area contributed by atoms with Gasteiger partial charge in [0.05, 0.1) is 6.21 Å². The van der Waals surface area contributed by atoms with E-state index in [0.29, 0.717) is 16.1 Å². The maximum Gasteiger partial charge on any atom is 0.271 e. The predicted molar refractivity (Wildman–Crippen MR) is 74.6 cm³/mol. The number of halogens is 1. The molecule has 2 aromatic rings. The van der Waals surface area contributed by atoms with Gasteiger partial charge in [0.1, 0.15) is 5.75 Å². The van der Waals surface area contributed by atoms with E-state index in [1.54, 1.807) is 24.3 Å². The molecule has 0 aliphatic carbocycles. The smallest absolute Gasteiger partial charge is 0.271 e. The van der Waals surface area contributed by atoms with E-state index in [0.717, 1.165) is 0 Å². The molecule has 0 saturated carbocycles. The van der Waals surface area contributed by atoms with E-state index in [4.69, 9.17) is 11.6 Å². The molecule has 0 radical (unpaired) electrons. The van der Waals surface area contributed by atoms with Crippen LogP contribution in [-0.4, -0.2) is 17.2 Å². The van der Waals surface area contributed by atoms with E-state index in [-0.39, 0.29) is 5.75 Å². The van der Waals surface area contributed by atoms with Crippen LogP contribution in [0, 0.1) is 0 Å². The quantitative estimate of drug-likeness (QED) is 0.668. The monoisotopic (exact) mass is 274 g/mol. The summed E-state index contributed by atoms with van der Waals surface area (Å²) in [5.41, 5.74) is 3.40. The Labute approximate surface area is 115 Å².